The number of nitrogens with one attached hydrogen (secondary N) is 2. The zero-order valence-corrected chi connectivity index (χ0v) is 14.4. The summed E-state index contributed by atoms with van der Waals surface area (Å²) < 4.78 is 5.06. The Morgan fingerprint density at radius 1 is 1.35 bits per heavy atom. The van der Waals surface area contributed by atoms with E-state index < -0.39 is 0 Å². The van der Waals surface area contributed by atoms with Gasteiger partial charge >= 0.3 is 5.97 Å². The minimum atomic E-state index is -0.106. The van der Waals surface area contributed by atoms with E-state index in [9.17, 15) is 9.59 Å². The third-order valence-corrected chi connectivity index (χ3v) is 4.67. The average molecular weight is 340 g/mol. The van der Waals surface area contributed by atoms with E-state index in [1.165, 1.54) is 4.90 Å². The number of esters is 1. The first-order valence-electron chi connectivity index (χ1n) is 8.06. The molecule has 0 radical (unpaired) electrons. The van der Waals surface area contributed by atoms with Gasteiger partial charge in [0.25, 0.3) is 5.91 Å². The Hall–Kier alpha value is -1.59. The lowest BCUT2D eigenvalue weighted by Gasteiger charge is -2.27. The molecule has 0 aliphatic carbocycles. The summed E-state index contributed by atoms with van der Waals surface area (Å²) in [5, 5.41) is 3.56. The summed E-state index contributed by atoms with van der Waals surface area (Å²) in [4.78, 5) is 25.1. The summed E-state index contributed by atoms with van der Waals surface area (Å²) in [6.07, 6.45) is 1.55. The molecule has 1 aliphatic heterocycles. The summed E-state index contributed by atoms with van der Waals surface area (Å²) in [7, 11) is 0. The van der Waals surface area contributed by atoms with Gasteiger partial charge in [0.15, 0.2) is 6.54 Å². The lowest BCUT2D eigenvalue weighted by molar-refractivity contribution is -0.897. The van der Waals surface area contributed by atoms with Crippen LogP contribution < -0.4 is 10.2 Å². The van der Waals surface area contributed by atoms with E-state index >= 15 is 0 Å². The average Bonchev–Trinajstić information content (AvgIpc) is 2.53. The van der Waals surface area contributed by atoms with Crippen molar-refractivity contribution in [2.45, 2.75) is 26.7 Å². The minimum absolute atomic E-state index is 0.0167. The molecule has 2 N–H and O–H groups in total. The van der Waals surface area contributed by atoms with Crippen LogP contribution in [0.5, 0.6) is 0 Å². The first kappa shape index (κ1) is 17.8. The molecule has 1 aromatic carbocycles. The maximum Gasteiger partial charge on any atom is 0.309 e. The standard InChI is InChI=1S/C17H23ClN2O3/c1-3-23-17(22)13-7-9-20(10-8-13)11-16(21)19-15-6-4-5-14(18)12(15)2/h4-6,13H,3,7-11H2,1-2H3,(H,19,21)/p+1. The van der Waals surface area contributed by atoms with Gasteiger partial charge in [0.05, 0.1) is 25.6 Å². The SMILES string of the molecule is CCOC(=O)C1CC[NH+](CC(=O)Nc2cccc(Cl)c2C)CC1. The molecule has 2 rings (SSSR count). The normalized spacial score (nSPS) is 20.8. The van der Waals surface area contributed by atoms with Crippen LogP contribution in [0, 0.1) is 12.8 Å². The Balaban J connectivity index is 1.81. The monoisotopic (exact) mass is 339 g/mol. The van der Waals surface area contributed by atoms with Crippen LogP contribution in [-0.4, -0.2) is 38.1 Å². The molecule has 1 saturated heterocycles. The molecule has 1 amide bonds. The highest BCUT2D eigenvalue weighted by Crippen LogP contribution is 2.22. The quantitative estimate of drug-likeness (QED) is 0.798. The Morgan fingerprint density at radius 3 is 2.70 bits per heavy atom. The van der Waals surface area contributed by atoms with Crippen molar-refractivity contribution in [1.82, 2.24) is 0 Å². The summed E-state index contributed by atoms with van der Waals surface area (Å²) in [6, 6.07) is 5.47. The number of amides is 1. The smallest absolute Gasteiger partial charge is 0.309 e. The summed E-state index contributed by atoms with van der Waals surface area (Å²) in [6.45, 7) is 6.15. The molecular formula is C17H24ClN2O3+. The maximum absolute atomic E-state index is 12.2. The lowest BCUT2D eigenvalue weighted by atomic mass is 9.97. The van der Waals surface area contributed by atoms with Gasteiger partial charge < -0.3 is 15.0 Å². The van der Waals surface area contributed by atoms with Gasteiger partial charge in [-0.15, -0.1) is 0 Å². The van der Waals surface area contributed by atoms with Crippen LogP contribution in [0.25, 0.3) is 0 Å². The highest BCUT2D eigenvalue weighted by molar-refractivity contribution is 6.31. The molecule has 0 aromatic heterocycles. The Bertz CT molecular complexity index is 569. The largest absolute Gasteiger partial charge is 0.466 e. The third-order valence-electron chi connectivity index (χ3n) is 4.26. The van der Waals surface area contributed by atoms with E-state index in [0.29, 0.717) is 18.2 Å². The van der Waals surface area contributed by atoms with Gasteiger partial charge in [-0.3, -0.25) is 9.59 Å². The fraction of sp³-hybridized carbons (Fsp3) is 0.529. The van der Waals surface area contributed by atoms with Crippen LogP contribution in [-0.2, 0) is 14.3 Å². The highest BCUT2D eigenvalue weighted by atomic mass is 35.5. The van der Waals surface area contributed by atoms with Gasteiger partial charge in [0.2, 0.25) is 0 Å². The molecule has 5 nitrogen and oxygen atoms in total. The number of carbonyl (C=O) groups is 2. The van der Waals surface area contributed by atoms with Gasteiger partial charge in [-0.2, -0.15) is 0 Å². The topological polar surface area (TPSA) is 59.8 Å². The van der Waals surface area contributed by atoms with Crippen molar-refractivity contribution in [3.05, 3.63) is 28.8 Å². The number of hydrogen-bond donors (Lipinski definition) is 2. The zero-order chi connectivity index (χ0) is 16.8. The van der Waals surface area contributed by atoms with Crippen molar-refractivity contribution in [2.75, 3.05) is 31.6 Å². The molecule has 126 valence electrons. The van der Waals surface area contributed by atoms with Crippen molar-refractivity contribution >= 4 is 29.2 Å². The number of halogens is 1. The fourth-order valence-electron chi connectivity index (χ4n) is 2.86. The second-order valence-corrected chi connectivity index (χ2v) is 6.32. The predicted octanol–water partition coefficient (Wildman–Crippen LogP) is 1.44. The Labute approximate surface area is 141 Å². The number of rotatable bonds is 5. The number of benzene rings is 1. The molecule has 0 unspecified atom stereocenters. The van der Waals surface area contributed by atoms with Crippen molar-refractivity contribution in [1.29, 1.82) is 0 Å². The number of likely N-dealkylation sites (tertiary alicyclic amines) is 1. The highest BCUT2D eigenvalue weighted by Gasteiger charge is 2.29. The Morgan fingerprint density at radius 2 is 2.04 bits per heavy atom. The molecule has 1 aliphatic rings. The molecule has 1 fully saturated rings. The van der Waals surface area contributed by atoms with Crippen LogP contribution in [0.4, 0.5) is 5.69 Å². The molecule has 0 saturated carbocycles. The van der Waals surface area contributed by atoms with Crippen molar-refractivity contribution in [3.8, 4) is 0 Å². The maximum atomic E-state index is 12.2. The van der Waals surface area contributed by atoms with Crippen LogP contribution in [0.1, 0.15) is 25.3 Å². The number of ether oxygens (including phenoxy) is 1. The molecule has 23 heavy (non-hydrogen) atoms. The van der Waals surface area contributed by atoms with Crippen molar-refractivity contribution in [2.24, 2.45) is 5.92 Å². The number of carbonyl (C=O) groups excluding carboxylic acids is 2. The van der Waals surface area contributed by atoms with E-state index in [2.05, 4.69) is 5.32 Å². The van der Waals surface area contributed by atoms with E-state index in [1.54, 1.807) is 6.07 Å². The van der Waals surface area contributed by atoms with Crippen LogP contribution >= 0.6 is 11.6 Å². The van der Waals surface area contributed by atoms with Crippen molar-refractivity contribution < 1.29 is 19.2 Å². The number of hydrogen-bond acceptors (Lipinski definition) is 3. The molecule has 0 atom stereocenters. The number of quaternary nitrogens is 1. The first-order chi connectivity index (χ1) is 11.0. The minimum Gasteiger partial charge on any atom is -0.466 e. The van der Waals surface area contributed by atoms with E-state index in [4.69, 9.17) is 16.3 Å². The van der Waals surface area contributed by atoms with Crippen LogP contribution in [0.15, 0.2) is 18.2 Å². The molecule has 0 spiro atoms. The molecular weight excluding hydrogens is 316 g/mol. The Kier molecular flexibility index (Phi) is 6.42. The van der Waals surface area contributed by atoms with Gasteiger partial charge in [0.1, 0.15) is 0 Å². The second kappa shape index (κ2) is 8.31. The molecule has 1 aromatic rings. The molecule has 6 heteroatoms. The van der Waals surface area contributed by atoms with E-state index in [1.807, 2.05) is 26.0 Å². The van der Waals surface area contributed by atoms with Crippen LogP contribution in [0.3, 0.4) is 0 Å². The first-order valence-corrected chi connectivity index (χ1v) is 8.44. The van der Waals surface area contributed by atoms with Crippen molar-refractivity contribution in [3.63, 3.8) is 0 Å². The van der Waals surface area contributed by atoms with Gasteiger partial charge in [-0.1, -0.05) is 17.7 Å². The van der Waals surface area contributed by atoms with E-state index in [0.717, 1.165) is 37.2 Å². The zero-order valence-electron chi connectivity index (χ0n) is 13.7. The van der Waals surface area contributed by atoms with Gasteiger partial charge in [0, 0.05) is 23.6 Å². The molecule has 1 heterocycles. The lowest BCUT2D eigenvalue weighted by Crippen LogP contribution is -3.14. The van der Waals surface area contributed by atoms with Gasteiger partial charge in [-0.05, 0) is 31.5 Å². The number of piperidine rings is 1. The second-order valence-electron chi connectivity index (χ2n) is 5.91. The number of anilines is 1. The predicted molar refractivity (Wildman–Crippen MR) is 89.7 cm³/mol. The van der Waals surface area contributed by atoms with Gasteiger partial charge in [-0.25, -0.2) is 0 Å². The summed E-state index contributed by atoms with van der Waals surface area (Å²) in [5.74, 6) is -0.151. The van der Waals surface area contributed by atoms with E-state index in [-0.39, 0.29) is 17.8 Å². The van der Waals surface area contributed by atoms with Crippen LogP contribution in [0.2, 0.25) is 5.02 Å². The fourth-order valence-corrected chi connectivity index (χ4v) is 3.04. The third kappa shape index (κ3) is 4.94. The summed E-state index contributed by atoms with van der Waals surface area (Å²) in [5.41, 5.74) is 1.63. The summed E-state index contributed by atoms with van der Waals surface area (Å²) >= 11 is 6.06. The molecule has 0 bridgehead atoms.